The first-order valence-electron chi connectivity index (χ1n) is 9.29. The molecule has 1 aliphatic rings. The molecular formula is C20H32BNO4. The third-order valence-corrected chi connectivity index (χ3v) is 4.96. The number of hydrogen-bond acceptors (Lipinski definition) is 4. The second kappa shape index (κ2) is 7.24. The molecule has 0 aromatic heterocycles. The van der Waals surface area contributed by atoms with Crippen molar-refractivity contribution in [2.75, 3.05) is 0 Å². The Hall–Kier alpha value is -1.53. The third kappa shape index (κ3) is 4.80. The molecule has 0 radical (unpaired) electrons. The van der Waals surface area contributed by atoms with Crippen LogP contribution in [-0.2, 0) is 14.0 Å². The number of nitrogens with one attached hydrogen (secondary N) is 1. The summed E-state index contributed by atoms with van der Waals surface area (Å²) in [6.45, 7) is 15.8. The Morgan fingerprint density at radius 1 is 1.12 bits per heavy atom. The van der Waals surface area contributed by atoms with Crippen LogP contribution < -0.4 is 10.8 Å². The maximum Gasteiger partial charge on any atom is 0.494 e. The molecule has 26 heavy (non-hydrogen) atoms. The van der Waals surface area contributed by atoms with E-state index in [1.165, 1.54) is 0 Å². The molecule has 0 bridgehead atoms. The Morgan fingerprint density at radius 3 is 2.04 bits per heavy atom. The summed E-state index contributed by atoms with van der Waals surface area (Å²) in [6, 6.07) is 7.91. The highest BCUT2D eigenvalue weighted by molar-refractivity contribution is 6.62. The third-order valence-electron chi connectivity index (χ3n) is 4.96. The van der Waals surface area contributed by atoms with Crippen LogP contribution in [0.2, 0.25) is 0 Å². The number of benzene rings is 1. The normalized spacial score (nSPS) is 19.9. The molecule has 2 rings (SSSR count). The highest BCUT2D eigenvalue weighted by atomic mass is 16.7. The van der Waals surface area contributed by atoms with Crippen LogP contribution in [0.1, 0.15) is 73.4 Å². The Kier molecular flexibility index (Phi) is 5.79. The van der Waals surface area contributed by atoms with Gasteiger partial charge >= 0.3 is 13.2 Å². The van der Waals surface area contributed by atoms with Crippen molar-refractivity contribution < 1.29 is 18.8 Å². The lowest BCUT2D eigenvalue weighted by Gasteiger charge is -2.32. The van der Waals surface area contributed by atoms with E-state index in [1.807, 2.05) is 79.7 Å². The van der Waals surface area contributed by atoms with E-state index < -0.39 is 11.7 Å². The summed E-state index contributed by atoms with van der Waals surface area (Å²) in [6.07, 6.45) is 0.370. The average Bonchev–Trinajstić information content (AvgIpc) is 2.71. The predicted octanol–water partition coefficient (Wildman–Crippen LogP) is 3.96. The highest BCUT2D eigenvalue weighted by Gasteiger charge is 2.51. The smallest absolute Gasteiger partial charge is 0.444 e. The zero-order valence-corrected chi connectivity index (χ0v) is 17.3. The van der Waals surface area contributed by atoms with Gasteiger partial charge in [0.05, 0.1) is 17.2 Å². The molecule has 1 aliphatic heterocycles. The zero-order chi connectivity index (χ0) is 19.8. The van der Waals surface area contributed by atoms with E-state index in [9.17, 15) is 4.79 Å². The molecule has 5 nitrogen and oxygen atoms in total. The second-order valence-corrected chi connectivity index (χ2v) is 8.86. The monoisotopic (exact) mass is 361 g/mol. The van der Waals surface area contributed by atoms with Crippen molar-refractivity contribution in [2.45, 2.75) is 84.7 Å². The van der Waals surface area contributed by atoms with E-state index in [2.05, 4.69) is 5.32 Å². The van der Waals surface area contributed by atoms with Gasteiger partial charge in [-0.05, 0) is 65.9 Å². The molecule has 0 saturated carbocycles. The van der Waals surface area contributed by atoms with Crippen LogP contribution >= 0.6 is 0 Å². The molecular weight excluding hydrogens is 329 g/mol. The topological polar surface area (TPSA) is 56.8 Å². The molecule has 1 saturated heterocycles. The number of alkyl carbamates (subject to hydrolysis) is 1. The van der Waals surface area contributed by atoms with Gasteiger partial charge in [-0.15, -0.1) is 0 Å². The molecule has 1 amide bonds. The van der Waals surface area contributed by atoms with Gasteiger partial charge in [-0.2, -0.15) is 0 Å². The summed E-state index contributed by atoms with van der Waals surface area (Å²) >= 11 is 0. The van der Waals surface area contributed by atoms with E-state index in [1.54, 1.807) is 0 Å². The highest BCUT2D eigenvalue weighted by Crippen LogP contribution is 2.36. The lowest BCUT2D eigenvalue weighted by Crippen LogP contribution is -2.41. The van der Waals surface area contributed by atoms with E-state index in [-0.39, 0.29) is 24.4 Å². The molecule has 1 aromatic rings. The van der Waals surface area contributed by atoms with Gasteiger partial charge in [0.25, 0.3) is 0 Å². The van der Waals surface area contributed by atoms with Crippen LogP contribution in [0, 0.1) is 0 Å². The molecule has 0 aliphatic carbocycles. The fraction of sp³-hybridized carbons (Fsp3) is 0.650. The molecule has 1 fully saturated rings. The molecule has 1 atom stereocenters. The first-order valence-corrected chi connectivity index (χ1v) is 9.29. The first-order chi connectivity index (χ1) is 11.8. The van der Waals surface area contributed by atoms with Crippen LogP contribution in [0.3, 0.4) is 0 Å². The van der Waals surface area contributed by atoms with Gasteiger partial charge in [0, 0.05) is 0 Å². The number of carbonyl (C=O) groups excluding carboxylic acids is 1. The maximum atomic E-state index is 12.0. The summed E-state index contributed by atoms with van der Waals surface area (Å²) in [5.74, 6) is 0. The zero-order valence-electron chi connectivity index (χ0n) is 17.3. The van der Waals surface area contributed by atoms with Crippen LogP contribution in [0.4, 0.5) is 4.79 Å². The van der Waals surface area contributed by atoms with Gasteiger partial charge < -0.3 is 19.4 Å². The van der Waals surface area contributed by atoms with Gasteiger partial charge in [-0.3, -0.25) is 0 Å². The van der Waals surface area contributed by atoms with Gasteiger partial charge in [0.2, 0.25) is 0 Å². The van der Waals surface area contributed by atoms with Crippen molar-refractivity contribution in [3.8, 4) is 0 Å². The van der Waals surface area contributed by atoms with Crippen molar-refractivity contribution in [1.82, 2.24) is 5.32 Å². The fourth-order valence-corrected chi connectivity index (χ4v) is 2.74. The van der Waals surface area contributed by atoms with Gasteiger partial charge in [-0.1, -0.05) is 31.2 Å². The van der Waals surface area contributed by atoms with E-state index in [0.29, 0.717) is 0 Å². The lowest BCUT2D eigenvalue weighted by molar-refractivity contribution is 0.00578. The largest absolute Gasteiger partial charge is 0.494 e. The standard InChI is InChI=1S/C20H32BNO4/c1-9-16(22-17(23)24-18(2,3)4)14-10-12-15(13-11-14)21-25-19(5,6)20(7,8)26-21/h10-13,16H,9H2,1-8H3,(H,22,23)/t16-/m0/s1. The molecule has 0 unspecified atom stereocenters. The van der Waals surface area contributed by atoms with Crippen molar-refractivity contribution in [3.63, 3.8) is 0 Å². The Morgan fingerprint density at radius 2 is 1.62 bits per heavy atom. The fourth-order valence-electron chi connectivity index (χ4n) is 2.74. The summed E-state index contributed by atoms with van der Waals surface area (Å²) in [4.78, 5) is 12.0. The van der Waals surface area contributed by atoms with Gasteiger partial charge in [0.15, 0.2) is 0 Å². The van der Waals surface area contributed by atoms with Crippen LogP contribution in [-0.4, -0.2) is 30.0 Å². The van der Waals surface area contributed by atoms with Crippen molar-refractivity contribution >= 4 is 18.7 Å². The summed E-state index contributed by atoms with van der Waals surface area (Å²) < 4.78 is 17.5. The SMILES string of the molecule is CC[C@H](NC(=O)OC(C)(C)C)c1ccc(B2OC(C)(C)C(C)(C)O2)cc1. The Labute approximate surface area is 157 Å². The predicted molar refractivity (Wildman–Crippen MR) is 105 cm³/mol. The first kappa shape index (κ1) is 20.8. The van der Waals surface area contributed by atoms with Crippen LogP contribution in [0.15, 0.2) is 24.3 Å². The Balaban J connectivity index is 2.07. The Bertz CT molecular complexity index is 618. The number of hydrogen-bond donors (Lipinski definition) is 1. The molecule has 1 N–H and O–H groups in total. The van der Waals surface area contributed by atoms with E-state index in [4.69, 9.17) is 14.0 Å². The van der Waals surface area contributed by atoms with Crippen molar-refractivity contribution in [1.29, 1.82) is 0 Å². The minimum Gasteiger partial charge on any atom is -0.444 e. The van der Waals surface area contributed by atoms with Crippen molar-refractivity contribution in [2.24, 2.45) is 0 Å². The number of amides is 1. The summed E-state index contributed by atoms with van der Waals surface area (Å²) in [5, 5.41) is 2.93. The van der Waals surface area contributed by atoms with Crippen molar-refractivity contribution in [3.05, 3.63) is 29.8 Å². The quantitative estimate of drug-likeness (QED) is 0.825. The minimum absolute atomic E-state index is 0.0998. The lowest BCUT2D eigenvalue weighted by atomic mass is 9.78. The number of ether oxygens (including phenoxy) is 1. The van der Waals surface area contributed by atoms with Gasteiger partial charge in [0.1, 0.15) is 5.60 Å². The second-order valence-electron chi connectivity index (χ2n) is 8.86. The maximum absolute atomic E-state index is 12.0. The summed E-state index contributed by atoms with van der Waals surface area (Å²) in [7, 11) is -0.382. The molecule has 6 heteroatoms. The van der Waals surface area contributed by atoms with E-state index >= 15 is 0 Å². The van der Waals surface area contributed by atoms with Crippen LogP contribution in [0.25, 0.3) is 0 Å². The molecule has 144 valence electrons. The molecule has 0 spiro atoms. The molecule has 1 aromatic carbocycles. The minimum atomic E-state index is -0.511. The number of rotatable bonds is 4. The number of carbonyl (C=O) groups is 1. The van der Waals surface area contributed by atoms with E-state index in [0.717, 1.165) is 17.4 Å². The van der Waals surface area contributed by atoms with Crippen LogP contribution in [0.5, 0.6) is 0 Å². The average molecular weight is 361 g/mol. The van der Waals surface area contributed by atoms with Gasteiger partial charge in [-0.25, -0.2) is 4.79 Å². The molecule has 1 heterocycles. The summed E-state index contributed by atoms with van der Waals surface area (Å²) in [5.41, 5.74) is 0.766.